The molecule has 0 bridgehead atoms. The van der Waals surface area contributed by atoms with Gasteiger partial charge in [-0.25, -0.2) is 4.98 Å². The van der Waals surface area contributed by atoms with Crippen molar-refractivity contribution in [2.24, 2.45) is 11.7 Å². The van der Waals surface area contributed by atoms with Gasteiger partial charge in [0.2, 0.25) is 0 Å². The van der Waals surface area contributed by atoms with E-state index in [0.717, 1.165) is 17.2 Å². The lowest BCUT2D eigenvalue weighted by molar-refractivity contribution is 0.748. The molecule has 0 atom stereocenters. The Morgan fingerprint density at radius 3 is 2.94 bits per heavy atom. The molecule has 0 saturated carbocycles. The molecule has 0 amide bonds. The SMILES string of the molecule is CC(C)CSc1nc2c(cc1CN)CCC2. The highest BCUT2D eigenvalue weighted by Crippen LogP contribution is 2.28. The number of pyridine rings is 1. The van der Waals surface area contributed by atoms with Gasteiger partial charge >= 0.3 is 0 Å². The molecule has 2 nitrogen and oxygen atoms in total. The molecule has 0 saturated heterocycles. The summed E-state index contributed by atoms with van der Waals surface area (Å²) in [6.45, 7) is 5.09. The van der Waals surface area contributed by atoms with Gasteiger partial charge in [-0.05, 0) is 36.3 Å². The van der Waals surface area contributed by atoms with E-state index in [4.69, 9.17) is 10.7 Å². The number of aromatic nitrogens is 1. The van der Waals surface area contributed by atoms with E-state index >= 15 is 0 Å². The Morgan fingerprint density at radius 1 is 1.44 bits per heavy atom. The first-order valence-corrected chi connectivity index (χ1v) is 7.03. The Balaban J connectivity index is 2.22. The topological polar surface area (TPSA) is 38.9 Å². The molecule has 16 heavy (non-hydrogen) atoms. The maximum Gasteiger partial charge on any atom is 0.101 e. The highest BCUT2D eigenvalue weighted by atomic mass is 32.2. The second-order valence-electron chi connectivity index (χ2n) is 4.82. The van der Waals surface area contributed by atoms with Gasteiger partial charge < -0.3 is 5.73 Å². The molecule has 0 fully saturated rings. The van der Waals surface area contributed by atoms with Crippen molar-refractivity contribution in [3.63, 3.8) is 0 Å². The molecule has 3 heteroatoms. The summed E-state index contributed by atoms with van der Waals surface area (Å²) in [5.41, 5.74) is 9.76. The lowest BCUT2D eigenvalue weighted by atomic mass is 10.1. The van der Waals surface area contributed by atoms with E-state index in [9.17, 15) is 0 Å². The monoisotopic (exact) mass is 236 g/mol. The van der Waals surface area contributed by atoms with Crippen LogP contribution in [0.4, 0.5) is 0 Å². The third-order valence-corrected chi connectivity index (χ3v) is 4.32. The van der Waals surface area contributed by atoms with Crippen LogP contribution in [0.2, 0.25) is 0 Å². The number of hydrogen-bond acceptors (Lipinski definition) is 3. The van der Waals surface area contributed by atoms with Crippen molar-refractivity contribution in [1.29, 1.82) is 0 Å². The van der Waals surface area contributed by atoms with Gasteiger partial charge in [-0.2, -0.15) is 0 Å². The van der Waals surface area contributed by atoms with Crippen molar-refractivity contribution in [2.75, 3.05) is 5.75 Å². The highest BCUT2D eigenvalue weighted by Gasteiger charge is 2.16. The van der Waals surface area contributed by atoms with E-state index in [-0.39, 0.29) is 0 Å². The number of nitrogens with zero attached hydrogens (tertiary/aromatic N) is 1. The molecule has 0 radical (unpaired) electrons. The smallest absolute Gasteiger partial charge is 0.101 e. The quantitative estimate of drug-likeness (QED) is 0.817. The lowest BCUT2D eigenvalue weighted by Crippen LogP contribution is -2.04. The molecular weight excluding hydrogens is 216 g/mol. The maximum atomic E-state index is 5.80. The van der Waals surface area contributed by atoms with Gasteiger partial charge in [0.05, 0.1) is 0 Å². The standard InChI is InChI=1S/C13H20N2S/c1-9(2)8-16-13-11(7-14)6-10-4-3-5-12(10)15-13/h6,9H,3-5,7-8,14H2,1-2H3. The molecule has 0 aliphatic heterocycles. The zero-order valence-electron chi connectivity index (χ0n) is 10.1. The number of nitrogens with two attached hydrogens (primary N) is 1. The second-order valence-corrected chi connectivity index (χ2v) is 5.83. The predicted molar refractivity (Wildman–Crippen MR) is 69.7 cm³/mol. The summed E-state index contributed by atoms with van der Waals surface area (Å²) in [5, 5.41) is 1.16. The first-order chi connectivity index (χ1) is 7.70. The summed E-state index contributed by atoms with van der Waals surface area (Å²) >= 11 is 1.85. The number of hydrogen-bond donors (Lipinski definition) is 1. The summed E-state index contributed by atoms with van der Waals surface area (Å²) in [6.07, 6.45) is 3.59. The Bertz CT molecular complexity index is 374. The molecule has 0 aromatic carbocycles. The minimum atomic E-state index is 0.612. The molecule has 1 aliphatic rings. The van der Waals surface area contributed by atoms with Crippen molar-refractivity contribution in [3.8, 4) is 0 Å². The number of fused-ring (bicyclic) bond motifs is 1. The summed E-state index contributed by atoms with van der Waals surface area (Å²) in [4.78, 5) is 4.78. The van der Waals surface area contributed by atoms with E-state index < -0.39 is 0 Å². The fourth-order valence-corrected chi connectivity index (χ4v) is 3.01. The van der Waals surface area contributed by atoms with E-state index in [2.05, 4.69) is 19.9 Å². The Hall–Kier alpha value is -0.540. The van der Waals surface area contributed by atoms with Crippen LogP contribution in [0, 0.1) is 5.92 Å². The summed E-state index contributed by atoms with van der Waals surface area (Å²) in [6, 6.07) is 2.28. The predicted octanol–water partition coefficient (Wildman–Crippen LogP) is 2.78. The van der Waals surface area contributed by atoms with Crippen LogP contribution in [0.1, 0.15) is 37.1 Å². The van der Waals surface area contributed by atoms with Gasteiger partial charge in [-0.1, -0.05) is 19.9 Å². The van der Waals surface area contributed by atoms with Gasteiger partial charge in [0.15, 0.2) is 0 Å². The Kier molecular flexibility index (Phi) is 3.87. The number of thioether (sulfide) groups is 1. The van der Waals surface area contributed by atoms with Crippen LogP contribution in [-0.4, -0.2) is 10.7 Å². The van der Waals surface area contributed by atoms with Crippen molar-refractivity contribution in [3.05, 3.63) is 22.9 Å². The highest BCUT2D eigenvalue weighted by molar-refractivity contribution is 7.99. The van der Waals surface area contributed by atoms with Crippen LogP contribution >= 0.6 is 11.8 Å². The van der Waals surface area contributed by atoms with E-state index in [1.54, 1.807) is 0 Å². The minimum Gasteiger partial charge on any atom is -0.326 e. The summed E-state index contributed by atoms with van der Waals surface area (Å²) in [5.74, 6) is 1.82. The van der Waals surface area contributed by atoms with Crippen molar-refractivity contribution < 1.29 is 0 Å². The average Bonchev–Trinajstić information content (AvgIpc) is 2.71. The van der Waals surface area contributed by atoms with E-state index in [1.807, 2.05) is 11.8 Å². The largest absolute Gasteiger partial charge is 0.326 e. The fourth-order valence-electron chi connectivity index (χ4n) is 2.02. The summed E-state index contributed by atoms with van der Waals surface area (Å²) < 4.78 is 0. The van der Waals surface area contributed by atoms with E-state index in [0.29, 0.717) is 12.5 Å². The zero-order chi connectivity index (χ0) is 11.5. The third kappa shape index (κ3) is 2.58. The maximum absolute atomic E-state index is 5.80. The Labute approximate surface area is 102 Å². The van der Waals surface area contributed by atoms with Gasteiger partial charge in [-0.15, -0.1) is 11.8 Å². The van der Waals surface area contributed by atoms with Crippen LogP contribution < -0.4 is 5.73 Å². The molecule has 2 rings (SSSR count). The van der Waals surface area contributed by atoms with Crippen LogP contribution in [-0.2, 0) is 19.4 Å². The molecule has 1 aromatic heterocycles. The molecule has 2 N–H and O–H groups in total. The van der Waals surface area contributed by atoms with Gasteiger partial charge in [0.1, 0.15) is 5.03 Å². The lowest BCUT2D eigenvalue weighted by Gasteiger charge is -2.10. The normalized spacial score (nSPS) is 14.5. The van der Waals surface area contributed by atoms with Gasteiger partial charge in [0.25, 0.3) is 0 Å². The van der Waals surface area contributed by atoms with Gasteiger partial charge in [0, 0.05) is 18.0 Å². The molecular formula is C13H20N2S. The molecule has 0 spiro atoms. The van der Waals surface area contributed by atoms with Crippen LogP contribution in [0.25, 0.3) is 0 Å². The number of aryl methyl sites for hydroxylation is 2. The van der Waals surface area contributed by atoms with Crippen LogP contribution in [0.5, 0.6) is 0 Å². The van der Waals surface area contributed by atoms with Crippen molar-refractivity contribution in [1.82, 2.24) is 4.98 Å². The molecule has 1 aromatic rings. The van der Waals surface area contributed by atoms with Crippen molar-refractivity contribution in [2.45, 2.75) is 44.7 Å². The molecule has 0 unspecified atom stereocenters. The first-order valence-electron chi connectivity index (χ1n) is 6.05. The minimum absolute atomic E-state index is 0.612. The van der Waals surface area contributed by atoms with Crippen LogP contribution in [0.15, 0.2) is 11.1 Å². The zero-order valence-corrected chi connectivity index (χ0v) is 10.9. The van der Waals surface area contributed by atoms with Gasteiger partial charge in [-0.3, -0.25) is 0 Å². The molecule has 1 heterocycles. The third-order valence-electron chi connectivity index (χ3n) is 2.86. The molecule has 88 valence electrons. The van der Waals surface area contributed by atoms with Crippen LogP contribution in [0.3, 0.4) is 0 Å². The Morgan fingerprint density at radius 2 is 2.25 bits per heavy atom. The number of rotatable bonds is 4. The second kappa shape index (κ2) is 5.19. The fraction of sp³-hybridized carbons (Fsp3) is 0.615. The van der Waals surface area contributed by atoms with E-state index in [1.165, 1.54) is 29.7 Å². The summed E-state index contributed by atoms with van der Waals surface area (Å²) in [7, 11) is 0. The molecule has 1 aliphatic carbocycles. The average molecular weight is 236 g/mol. The first kappa shape index (κ1) is 11.9. The van der Waals surface area contributed by atoms with Crippen molar-refractivity contribution >= 4 is 11.8 Å².